The zero-order valence-corrected chi connectivity index (χ0v) is 13.0. The van der Waals surface area contributed by atoms with Crippen molar-refractivity contribution in [2.24, 2.45) is 0 Å². The van der Waals surface area contributed by atoms with E-state index in [1.807, 2.05) is 30.5 Å². The molecule has 0 aliphatic carbocycles. The smallest absolute Gasteiger partial charge is 0.0754 e. The molecule has 0 radical (unpaired) electrons. The highest BCUT2D eigenvalue weighted by Gasteiger charge is 2.07. The van der Waals surface area contributed by atoms with Crippen molar-refractivity contribution in [1.29, 1.82) is 0 Å². The molecule has 2 aromatic carbocycles. The molecule has 3 heteroatoms. The van der Waals surface area contributed by atoms with Gasteiger partial charge in [0.1, 0.15) is 0 Å². The summed E-state index contributed by atoms with van der Waals surface area (Å²) >= 11 is 3.57. The van der Waals surface area contributed by atoms with Crippen LogP contribution in [0.15, 0.2) is 53.1 Å². The summed E-state index contributed by atoms with van der Waals surface area (Å²) in [5, 5.41) is 4.62. The quantitative estimate of drug-likeness (QED) is 0.685. The van der Waals surface area contributed by atoms with Crippen molar-refractivity contribution in [3.63, 3.8) is 0 Å². The van der Waals surface area contributed by atoms with Gasteiger partial charge in [0, 0.05) is 21.7 Å². The molecule has 0 atom stereocenters. The van der Waals surface area contributed by atoms with Crippen molar-refractivity contribution in [2.45, 2.75) is 13.8 Å². The average molecular weight is 327 g/mol. The van der Waals surface area contributed by atoms with Gasteiger partial charge in [0.2, 0.25) is 0 Å². The zero-order valence-electron chi connectivity index (χ0n) is 11.4. The van der Waals surface area contributed by atoms with Gasteiger partial charge in [-0.2, -0.15) is 0 Å². The third-order valence-electron chi connectivity index (χ3n) is 3.58. The Kier molecular flexibility index (Phi) is 3.45. The molecule has 0 spiro atoms. The molecule has 0 bridgehead atoms. The van der Waals surface area contributed by atoms with Gasteiger partial charge in [0.15, 0.2) is 0 Å². The van der Waals surface area contributed by atoms with Gasteiger partial charge in [-0.15, -0.1) is 0 Å². The molecule has 0 amide bonds. The predicted octanol–water partition coefficient (Wildman–Crippen LogP) is 5.36. The van der Waals surface area contributed by atoms with Gasteiger partial charge in [-0.25, -0.2) is 0 Å². The van der Waals surface area contributed by atoms with E-state index in [9.17, 15) is 0 Å². The summed E-state index contributed by atoms with van der Waals surface area (Å²) in [5.74, 6) is 0. The number of benzene rings is 2. The average Bonchev–Trinajstić information content (AvgIpc) is 2.46. The summed E-state index contributed by atoms with van der Waals surface area (Å²) < 4.78 is 1.05. The number of hydrogen-bond acceptors (Lipinski definition) is 2. The first-order valence-electron chi connectivity index (χ1n) is 6.53. The lowest BCUT2D eigenvalue weighted by Gasteiger charge is -2.12. The molecule has 0 unspecified atom stereocenters. The summed E-state index contributed by atoms with van der Waals surface area (Å²) in [6.45, 7) is 4.23. The van der Waals surface area contributed by atoms with E-state index < -0.39 is 0 Å². The fourth-order valence-corrected chi connectivity index (χ4v) is 2.66. The number of nitrogens with zero attached hydrogens (tertiary/aromatic N) is 1. The van der Waals surface area contributed by atoms with Gasteiger partial charge in [-0.05, 0) is 59.1 Å². The molecular formula is C17H15BrN2. The maximum absolute atomic E-state index is 4.51. The van der Waals surface area contributed by atoms with Gasteiger partial charge < -0.3 is 5.32 Å². The number of pyridine rings is 1. The van der Waals surface area contributed by atoms with Crippen LogP contribution in [0.1, 0.15) is 11.1 Å². The maximum atomic E-state index is 4.51. The Balaban J connectivity index is 2.13. The SMILES string of the molecule is Cc1ccc2c(Nc3ccccc3Br)ccnc2c1C. The molecule has 1 aromatic heterocycles. The standard InChI is InChI=1S/C17H15BrN2/c1-11-7-8-13-15(9-10-19-17(13)12(11)2)20-16-6-4-3-5-14(16)18/h3-10H,1-2H3,(H,19,20). The topological polar surface area (TPSA) is 24.9 Å². The van der Waals surface area contributed by atoms with Crippen molar-refractivity contribution < 1.29 is 0 Å². The maximum Gasteiger partial charge on any atom is 0.0754 e. The molecule has 20 heavy (non-hydrogen) atoms. The first-order valence-corrected chi connectivity index (χ1v) is 7.32. The highest BCUT2D eigenvalue weighted by Crippen LogP contribution is 2.31. The van der Waals surface area contributed by atoms with Crippen LogP contribution in [0.5, 0.6) is 0 Å². The number of aryl methyl sites for hydroxylation is 2. The first-order chi connectivity index (χ1) is 9.66. The fourth-order valence-electron chi connectivity index (χ4n) is 2.28. The van der Waals surface area contributed by atoms with E-state index in [1.165, 1.54) is 11.1 Å². The minimum atomic E-state index is 1.05. The molecule has 2 nitrogen and oxygen atoms in total. The van der Waals surface area contributed by atoms with Crippen LogP contribution in [0.2, 0.25) is 0 Å². The van der Waals surface area contributed by atoms with Crippen LogP contribution in [0.25, 0.3) is 10.9 Å². The van der Waals surface area contributed by atoms with Gasteiger partial charge in [0.05, 0.1) is 11.2 Å². The molecule has 0 saturated heterocycles. The molecular weight excluding hydrogens is 312 g/mol. The Bertz CT molecular complexity index is 781. The highest BCUT2D eigenvalue weighted by molar-refractivity contribution is 9.10. The Morgan fingerprint density at radius 1 is 0.950 bits per heavy atom. The molecule has 0 aliphatic rings. The number of aromatic nitrogens is 1. The molecule has 0 aliphatic heterocycles. The number of nitrogens with one attached hydrogen (secondary N) is 1. The number of halogens is 1. The van der Waals surface area contributed by atoms with Crippen LogP contribution < -0.4 is 5.32 Å². The van der Waals surface area contributed by atoms with E-state index in [0.29, 0.717) is 0 Å². The number of rotatable bonds is 2. The van der Waals surface area contributed by atoms with Crippen molar-refractivity contribution in [2.75, 3.05) is 5.32 Å². The van der Waals surface area contributed by atoms with E-state index in [4.69, 9.17) is 0 Å². The number of para-hydroxylation sites is 1. The minimum Gasteiger partial charge on any atom is -0.354 e. The molecule has 3 rings (SSSR count). The zero-order chi connectivity index (χ0) is 14.1. The summed E-state index contributed by atoms with van der Waals surface area (Å²) in [5.41, 5.74) is 5.69. The molecule has 0 fully saturated rings. The van der Waals surface area contributed by atoms with Gasteiger partial charge in [0.25, 0.3) is 0 Å². The second-order valence-corrected chi connectivity index (χ2v) is 5.72. The lowest BCUT2D eigenvalue weighted by atomic mass is 10.0. The lowest BCUT2D eigenvalue weighted by Crippen LogP contribution is -1.95. The summed E-state index contributed by atoms with van der Waals surface area (Å²) in [6.07, 6.45) is 1.86. The van der Waals surface area contributed by atoms with Crippen molar-refractivity contribution in [1.82, 2.24) is 4.98 Å². The normalized spacial score (nSPS) is 10.8. The van der Waals surface area contributed by atoms with Crippen molar-refractivity contribution in [3.8, 4) is 0 Å². The number of fused-ring (bicyclic) bond motifs is 1. The second-order valence-electron chi connectivity index (χ2n) is 4.87. The largest absolute Gasteiger partial charge is 0.354 e. The lowest BCUT2D eigenvalue weighted by molar-refractivity contribution is 1.31. The molecule has 0 saturated carbocycles. The summed E-state index contributed by atoms with van der Waals surface area (Å²) in [6, 6.07) is 14.4. The molecule has 1 heterocycles. The Morgan fingerprint density at radius 2 is 1.75 bits per heavy atom. The Labute approximate surface area is 127 Å². The van der Waals surface area contributed by atoms with Crippen molar-refractivity contribution in [3.05, 3.63) is 64.3 Å². The Morgan fingerprint density at radius 3 is 2.55 bits per heavy atom. The van der Waals surface area contributed by atoms with E-state index in [1.54, 1.807) is 0 Å². The van der Waals surface area contributed by atoms with Crippen LogP contribution in [-0.2, 0) is 0 Å². The number of anilines is 2. The van der Waals surface area contributed by atoms with Crippen LogP contribution >= 0.6 is 15.9 Å². The third kappa shape index (κ3) is 2.29. The molecule has 3 aromatic rings. The first kappa shape index (κ1) is 13.1. The van der Waals surface area contributed by atoms with E-state index in [-0.39, 0.29) is 0 Å². The molecule has 1 N–H and O–H groups in total. The van der Waals surface area contributed by atoms with Crippen LogP contribution in [0.3, 0.4) is 0 Å². The van der Waals surface area contributed by atoms with Crippen LogP contribution in [-0.4, -0.2) is 4.98 Å². The van der Waals surface area contributed by atoms with Gasteiger partial charge in [-0.1, -0.05) is 24.3 Å². The summed E-state index contributed by atoms with van der Waals surface area (Å²) in [4.78, 5) is 4.51. The molecule has 100 valence electrons. The highest BCUT2D eigenvalue weighted by atomic mass is 79.9. The van der Waals surface area contributed by atoms with E-state index >= 15 is 0 Å². The second kappa shape index (κ2) is 5.25. The van der Waals surface area contributed by atoms with E-state index in [0.717, 1.165) is 26.8 Å². The van der Waals surface area contributed by atoms with Crippen LogP contribution in [0.4, 0.5) is 11.4 Å². The minimum absolute atomic E-state index is 1.05. The van der Waals surface area contributed by atoms with E-state index in [2.05, 4.69) is 58.3 Å². The fraction of sp³-hybridized carbons (Fsp3) is 0.118. The number of hydrogen-bond donors (Lipinski definition) is 1. The summed E-state index contributed by atoms with van der Waals surface area (Å²) in [7, 11) is 0. The van der Waals surface area contributed by atoms with Crippen molar-refractivity contribution >= 4 is 38.2 Å². The monoisotopic (exact) mass is 326 g/mol. The van der Waals surface area contributed by atoms with Gasteiger partial charge in [-0.3, -0.25) is 4.98 Å². The third-order valence-corrected chi connectivity index (χ3v) is 4.27. The van der Waals surface area contributed by atoms with Crippen LogP contribution in [0, 0.1) is 13.8 Å². The van der Waals surface area contributed by atoms with Gasteiger partial charge >= 0.3 is 0 Å². The predicted molar refractivity (Wildman–Crippen MR) is 88.6 cm³/mol. The Hall–Kier alpha value is -1.87.